The third-order valence-corrected chi connectivity index (χ3v) is 7.57. The molecule has 2 aromatic carbocycles. The van der Waals surface area contributed by atoms with Gasteiger partial charge in [-0.1, -0.05) is 41.9 Å². The van der Waals surface area contributed by atoms with Gasteiger partial charge >= 0.3 is 0 Å². The van der Waals surface area contributed by atoms with Gasteiger partial charge in [0, 0.05) is 23.5 Å². The summed E-state index contributed by atoms with van der Waals surface area (Å²) < 4.78 is 27.8. The molecule has 0 fully saturated rings. The van der Waals surface area contributed by atoms with Crippen LogP contribution >= 0.6 is 23.4 Å². The van der Waals surface area contributed by atoms with Crippen LogP contribution in [0.3, 0.4) is 0 Å². The molecule has 0 saturated carbocycles. The lowest BCUT2D eigenvalue weighted by atomic mass is 10.2. The van der Waals surface area contributed by atoms with E-state index >= 15 is 0 Å². The largest absolute Gasteiger partial charge is 0.354 e. The summed E-state index contributed by atoms with van der Waals surface area (Å²) in [6, 6.07) is 18.7. The number of thioether (sulfide) groups is 1. The number of sulfonamides is 1. The van der Waals surface area contributed by atoms with Gasteiger partial charge in [-0.05, 0) is 48.9 Å². The van der Waals surface area contributed by atoms with Crippen molar-refractivity contribution in [2.45, 2.75) is 16.8 Å². The highest BCUT2D eigenvalue weighted by Crippen LogP contribution is 2.30. The van der Waals surface area contributed by atoms with Crippen LogP contribution in [0.5, 0.6) is 0 Å². The fraction of sp³-hybridized carbons (Fsp3) is 0.182. The molecule has 0 atom stereocenters. The summed E-state index contributed by atoms with van der Waals surface area (Å²) in [5, 5.41) is 4.07. The minimum absolute atomic E-state index is 0.105. The summed E-state index contributed by atoms with van der Waals surface area (Å²) in [5.41, 5.74) is 0.955. The third kappa shape index (κ3) is 6.00. The van der Waals surface area contributed by atoms with Crippen LogP contribution in [-0.2, 0) is 14.8 Å². The number of pyridine rings is 1. The van der Waals surface area contributed by atoms with Gasteiger partial charge in [0.05, 0.1) is 15.6 Å². The Morgan fingerprint density at radius 3 is 2.52 bits per heavy atom. The molecule has 1 heterocycles. The van der Waals surface area contributed by atoms with Crippen molar-refractivity contribution in [2.24, 2.45) is 0 Å². The first-order chi connectivity index (χ1) is 14.9. The average Bonchev–Trinajstić information content (AvgIpc) is 2.78. The molecule has 1 amide bonds. The predicted octanol–water partition coefficient (Wildman–Crippen LogP) is 4.15. The number of aromatic nitrogens is 1. The Labute approximate surface area is 191 Å². The van der Waals surface area contributed by atoms with Crippen molar-refractivity contribution in [3.05, 3.63) is 83.5 Å². The standard InChI is InChI=1S/C22H22ClN3O3S2/c1-17-19(23)10-7-11-20(17)26(31(28,29)18-8-3-2-4-9-18)16-21(27)24-14-15-30-22-12-5-6-13-25-22/h2-13H,14-16H2,1H3,(H,24,27). The molecule has 0 radical (unpaired) electrons. The lowest BCUT2D eigenvalue weighted by molar-refractivity contribution is -0.119. The van der Waals surface area contributed by atoms with Gasteiger partial charge in [0.25, 0.3) is 10.0 Å². The van der Waals surface area contributed by atoms with Gasteiger partial charge in [-0.2, -0.15) is 0 Å². The summed E-state index contributed by atoms with van der Waals surface area (Å²) in [6.07, 6.45) is 1.71. The van der Waals surface area contributed by atoms with E-state index in [4.69, 9.17) is 11.6 Å². The summed E-state index contributed by atoms with van der Waals surface area (Å²) in [5.74, 6) is 0.213. The molecule has 1 N–H and O–H groups in total. The first kappa shape index (κ1) is 23.1. The molecule has 0 unspecified atom stereocenters. The van der Waals surface area contributed by atoms with Crippen LogP contribution in [0.2, 0.25) is 5.02 Å². The second kappa shape index (κ2) is 10.7. The van der Waals surface area contributed by atoms with Crippen molar-refractivity contribution in [3.63, 3.8) is 0 Å². The van der Waals surface area contributed by atoms with E-state index in [2.05, 4.69) is 10.3 Å². The minimum atomic E-state index is -3.96. The maximum Gasteiger partial charge on any atom is 0.264 e. The molecule has 9 heteroatoms. The second-order valence-corrected chi connectivity index (χ2v) is 9.96. The number of hydrogen-bond donors (Lipinski definition) is 1. The number of anilines is 1. The van der Waals surface area contributed by atoms with Crippen LogP contribution in [0.1, 0.15) is 5.56 Å². The van der Waals surface area contributed by atoms with E-state index in [1.807, 2.05) is 18.2 Å². The predicted molar refractivity (Wildman–Crippen MR) is 125 cm³/mol. The van der Waals surface area contributed by atoms with E-state index in [1.54, 1.807) is 49.5 Å². The van der Waals surface area contributed by atoms with E-state index in [1.165, 1.54) is 23.9 Å². The number of nitrogens with one attached hydrogen (secondary N) is 1. The molecule has 0 spiro atoms. The number of carbonyl (C=O) groups is 1. The first-order valence-corrected chi connectivity index (χ1v) is 12.3. The zero-order chi connectivity index (χ0) is 22.3. The first-order valence-electron chi connectivity index (χ1n) is 9.53. The fourth-order valence-corrected chi connectivity index (χ4v) is 5.24. The highest BCUT2D eigenvalue weighted by molar-refractivity contribution is 7.99. The number of amides is 1. The normalized spacial score (nSPS) is 11.2. The molecule has 0 aliphatic heterocycles. The fourth-order valence-electron chi connectivity index (χ4n) is 2.85. The van der Waals surface area contributed by atoms with Gasteiger partial charge in [0.1, 0.15) is 6.54 Å². The zero-order valence-electron chi connectivity index (χ0n) is 16.9. The third-order valence-electron chi connectivity index (χ3n) is 4.44. The topological polar surface area (TPSA) is 79.4 Å². The number of nitrogens with zero attached hydrogens (tertiary/aromatic N) is 2. The molecule has 0 aliphatic rings. The van der Waals surface area contributed by atoms with E-state index in [0.29, 0.717) is 28.6 Å². The minimum Gasteiger partial charge on any atom is -0.354 e. The Kier molecular flexibility index (Phi) is 7.95. The van der Waals surface area contributed by atoms with Crippen LogP contribution in [-0.4, -0.2) is 38.2 Å². The SMILES string of the molecule is Cc1c(Cl)cccc1N(CC(=O)NCCSc1ccccn1)S(=O)(=O)c1ccccc1. The second-order valence-electron chi connectivity index (χ2n) is 6.58. The molecular formula is C22H22ClN3O3S2. The van der Waals surface area contributed by atoms with Crippen LogP contribution in [0, 0.1) is 6.92 Å². The Morgan fingerprint density at radius 2 is 1.81 bits per heavy atom. The Bertz CT molecular complexity index is 1130. The smallest absolute Gasteiger partial charge is 0.264 e. The van der Waals surface area contributed by atoms with E-state index in [-0.39, 0.29) is 11.4 Å². The molecule has 31 heavy (non-hydrogen) atoms. The quantitative estimate of drug-likeness (QED) is 0.371. The summed E-state index contributed by atoms with van der Waals surface area (Å²) >= 11 is 7.73. The molecule has 0 bridgehead atoms. The van der Waals surface area contributed by atoms with Gasteiger partial charge in [0.15, 0.2) is 0 Å². The van der Waals surface area contributed by atoms with Gasteiger partial charge in [-0.25, -0.2) is 13.4 Å². The van der Waals surface area contributed by atoms with Crippen molar-refractivity contribution >= 4 is 45.0 Å². The van der Waals surface area contributed by atoms with Crippen LogP contribution < -0.4 is 9.62 Å². The van der Waals surface area contributed by atoms with E-state index in [9.17, 15) is 13.2 Å². The number of halogens is 1. The molecule has 3 rings (SSSR count). The molecule has 6 nitrogen and oxygen atoms in total. The Balaban J connectivity index is 1.75. The van der Waals surface area contributed by atoms with Gasteiger partial charge in [0.2, 0.25) is 5.91 Å². The van der Waals surface area contributed by atoms with E-state index < -0.39 is 15.9 Å². The van der Waals surface area contributed by atoms with Crippen LogP contribution in [0.15, 0.2) is 82.8 Å². The zero-order valence-corrected chi connectivity index (χ0v) is 19.3. The van der Waals surface area contributed by atoms with Gasteiger partial charge in [-0.3, -0.25) is 9.10 Å². The van der Waals surface area contributed by atoms with Crippen molar-refractivity contribution in [1.82, 2.24) is 10.3 Å². The highest BCUT2D eigenvalue weighted by atomic mass is 35.5. The average molecular weight is 476 g/mol. The van der Waals surface area contributed by atoms with Crippen LogP contribution in [0.4, 0.5) is 5.69 Å². The van der Waals surface area contributed by atoms with E-state index in [0.717, 1.165) is 9.33 Å². The Hall–Kier alpha value is -2.55. The van der Waals surface area contributed by atoms with Crippen molar-refractivity contribution in [3.8, 4) is 0 Å². The molecular weight excluding hydrogens is 454 g/mol. The lowest BCUT2D eigenvalue weighted by Gasteiger charge is -2.26. The number of benzene rings is 2. The summed E-state index contributed by atoms with van der Waals surface area (Å²) in [6.45, 7) is 1.76. The highest BCUT2D eigenvalue weighted by Gasteiger charge is 2.28. The number of carbonyl (C=O) groups excluding carboxylic acids is 1. The molecule has 0 aliphatic carbocycles. The van der Waals surface area contributed by atoms with Crippen molar-refractivity contribution < 1.29 is 13.2 Å². The lowest BCUT2D eigenvalue weighted by Crippen LogP contribution is -2.41. The number of rotatable bonds is 9. The van der Waals surface area contributed by atoms with Crippen molar-refractivity contribution in [2.75, 3.05) is 23.1 Å². The molecule has 162 valence electrons. The van der Waals surface area contributed by atoms with Gasteiger partial charge in [-0.15, -0.1) is 11.8 Å². The molecule has 1 aromatic heterocycles. The summed E-state index contributed by atoms with van der Waals surface area (Å²) in [7, 11) is -3.96. The monoisotopic (exact) mass is 475 g/mol. The maximum atomic E-state index is 13.3. The maximum absolute atomic E-state index is 13.3. The number of hydrogen-bond acceptors (Lipinski definition) is 5. The molecule has 3 aromatic rings. The van der Waals surface area contributed by atoms with Crippen LogP contribution in [0.25, 0.3) is 0 Å². The summed E-state index contributed by atoms with van der Waals surface area (Å²) in [4.78, 5) is 17.0. The molecule has 0 saturated heterocycles. The van der Waals surface area contributed by atoms with Gasteiger partial charge < -0.3 is 5.32 Å². The van der Waals surface area contributed by atoms with Crippen molar-refractivity contribution in [1.29, 1.82) is 0 Å². The Morgan fingerprint density at radius 1 is 1.06 bits per heavy atom.